The van der Waals surface area contributed by atoms with Gasteiger partial charge in [-0.2, -0.15) is 0 Å². The lowest BCUT2D eigenvalue weighted by atomic mass is 9.64. The molecule has 2 saturated carbocycles. The number of carboxylic acids is 1. The molecule has 0 saturated heterocycles. The van der Waals surface area contributed by atoms with Crippen molar-refractivity contribution in [1.82, 2.24) is 5.32 Å². The van der Waals surface area contributed by atoms with E-state index >= 15 is 0 Å². The maximum Gasteiger partial charge on any atom is 0.307 e. The maximum atomic E-state index is 12.5. The van der Waals surface area contributed by atoms with Gasteiger partial charge in [-0.05, 0) is 24.7 Å². The number of hydrogen-bond donors (Lipinski definition) is 3. The molecule has 5 nitrogen and oxygen atoms in total. The Morgan fingerprint density at radius 1 is 1.15 bits per heavy atom. The van der Waals surface area contributed by atoms with Gasteiger partial charge in [-0.25, -0.2) is 0 Å². The Labute approximate surface area is 118 Å². The highest BCUT2D eigenvalue weighted by molar-refractivity contribution is 5.87. The van der Waals surface area contributed by atoms with Gasteiger partial charge in [-0.1, -0.05) is 26.0 Å². The second kappa shape index (κ2) is 4.32. The van der Waals surface area contributed by atoms with E-state index in [9.17, 15) is 19.8 Å². The molecule has 2 fully saturated rings. The summed E-state index contributed by atoms with van der Waals surface area (Å²) in [7, 11) is 0. The molecule has 0 aliphatic heterocycles. The molecule has 3 aliphatic rings. The molecule has 3 aliphatic carbocycles. The van der Waals surface area contributed by atoms with Crippen LogP contribution in [0.15, 0.2) is 12.2 Å². The number of aliphatic hydroxyl groups excluding tert-OH is 1. The summed E-state index contributed by atoms with van der Waals surface area (Å²) in [6.07, 6.45) is 4.83. The summed E-state index contributed by atoms with van der Waals surface area (Å²) in [6.45, 7) is 3.84. The molecule has 0 heterocycles. The summed E-state index contributed by atoms with van der Waals surface area (Å²) in [5.41, 5.74) is -0.332. The highest BCUT2D eigenvalue weighted by atomic mass is 16.4. The van der Waals surface area contributed by atoms with Crippen LogP contribution < -0.4 is 5.32 Å². The Morgan fingerprint density at radius 2 is 1.75 bits per heavy atom. The molecule has 5 heteroatoms. The molecule has 6 atom stereocenters. The number of allylic oxidation sites excluding steroid dienone is 2. The first-order valence-corrected chi connectivity index (χ1v) is 7.22. The van der Waals surface area contributed by atoms with Crippen LogP contribution in [0.1, 0.15) is 26.7 Å². The van der Waals surface area contributed by atoms with Crippen LogP contribution in [0.4, 0.5) is 0 Å². The topological polar surface area (TPSA) is 86.6 Å². The van der Waals surface area contributed by atoms with Crippen molar-refractivity contribution < 1.29 is 19.8 Å². The highest BCUT2D eigenvalue weighted by Gasteiger charge is 2.54. The van der Waals surface area contributed by atoms with Crippen LogP contribution in [0.25, 0.3) is 0 Å². The van der Waals surface area contributed by atoms with Gasteiger partial charge in [0.15, 0.2) is 0 Å². The lowest BCUT2D eigenvalue weighted by Gasteiger charge is -2.49. The molecule has 1 amide bonds. The van der Waals surface area contributed by atoms with E-state index in [4.69, 9.17) is 0 Å². The normalized spacial score (nSPS) is 44.1. The van der Waals surface area contributed by atoms with Crippen LogP contribution in [0.5, 0.6) is 0 Å². The molecule has 6 unspecified atom stereocenters. The molecular formula is C15H21NO4. The number of rotatable bonds is 3. The Bertz CT molecular complexity index is 484. The summed E-state index contributed by atoms with van der Waals surface area (Å²) in [4.78, 5) is 23.9. The van der Waals surface area contributed by atoms with Crippen LogP contribution in [0.2, 0.25) is 0 Å². The first-order valence-electron chi connectivity index (χ1n) is 7.22. The van der Waals surface area contributed by atoms with Crippen LogP contribution in [0, 0.1) is 29.1 Å². The zero-order valence-corrected chi connectivity index (χ0v) is 11.7. The lowest BCUT2D eigenvalue weighted by molar-refractivity contribution is -0.149. The van der Waals surface area contributed by atoms with Crippen molar-refractivity contribution in [1.29, 1.82) is 0 Å². The molecule has 0 aromatic carbocycles. The van der Waals surface area contributed by atoms with Gasteiger partial charge in [0.1, 0.15) is 0 Å². The minimum Gasteiger partial charge on any atom is -0.481 e. The summed E-state index contributed by atoms with van der Waals surface area (Å²) < 4.78 is 0. The second-order valence-corrected chi connectivity index (χ2v) is 6.97. The van der Waals surface area contributed by atoms with Crippen molar-refractivity contribution in [2.45, 2.75) is 38.8 Å². The van der Waals surface area contributed by atoms with E-state index < -0.39 is 23.9 Å². The average Bonchev–Trinajstić information content (AvgIpc) is 2.98. The molecule has 3 rings (SSSR count). The number of carbonyl (C=O) groups is 2. The predicted molar refractivity (Wildman–Crippen MR) is 71.7 cm³/mol. The van der Waals surface area contributed by atoms with E-state index in [2.05, 4.69) is 5.32 Å². The van der Waals surface area contributed by atoms with Crippen LogP contribution >= 0.6 is 0 Å². The van der Waals surface area contributed by atoms with Gasteiger partial charge in [0.2, 0.25) is 5.91 Å². The standard InChI is InChI=1S/C15H21NO4/c1-15(2)9(6-10(15)17)16-13(18)11-7-3-4-8(5-7)12(11)14(19)20/h3-4,7-12,17H,5-6H2,1-2H3,(H,16,18)(H,19,20). The van der Waals surface area contributed by atoms with E-state index in [1.54, 1.807) is 0 Å². The maximum absolute atomic E-state index is 12.5. The zero-order valence-electron chi connectivity index (χ0n) is 11.7. The lowest BCUT2D eigenvalue weighted by Crippen LogP contribution is -2.62. The van der Waals surface area contributed by atoms with E-state index in [0.29, 0.717) is 6.42 Å². The molecule has 20 heavy (non-hydrogen) atoms. The third kappa shape index (κ3) is 1.79. The summed E-state index contributed by atoms with van der Waals surface area (Å²) in [6, 6.07) is -0.0671. The van der Waals surface area contributed by atoms with Crippen molar-refractivity contribution in [3.05, 3.63) is 12.2 Å². The minimum absolute atomic E-state index is 0.00626. The monoisotopic (exact) mass is 279 g/mol. The van der Waals surface area contributed by atoms with Gasteiger partial charge < -0.3 is 15.5 Å². The van der Waals surface area contributed by atoms with Crippen LogP contribution in [-0.2, 0) is 9.59 Å². The molecular weight excluding hydrogens is 258 g/mol. The quantitative estimate of drug-likeness (QED) is 0.666. The number of nitrogens with one attached hydrogen (secondary N) is 1. The smallest absolute Gasteiger partial charge is 0.307 e. The number of carbonyl (C=O) groups excluding carboxylic acids is 1. The number of amides is 1. The Morgan fingerprint density at radius 3 is 2.25 bits per heavy atom. The summed E-state index contributed by atoms with van der Waals surface area (Å²) >= 11 is 0. The van der Waals surface area contributed by atoms with E-state index in [0.717, 1.165) is 6.42 Å². The van der Waals surface area contributed by atoms with Crippen molar-refractivity contribution in [2.24, 2.45) is 29.1 Å². The van der Waals surface area contributed by atoms with E-state index in [1.807, 2.05) is 26.0 Å². The second-order valence-electron chi connectivity index (χ2n) is 6.97. The van der Waals surface area contributed by atoms with Crippen molar-refractivity contribution in [3.63, 3.8) is 0 Å². The fourth-order valence-corrected chi connectivity index (χ4v) is 3.93. The van der Waals surface area contributed by atoms with Gasteiger partial charge in [0.05, 0.1) is 17.9 Å². The number of aliphatic carboxylic acids is 1. The van der Waals surface area contributed by atoms with Crippen LogP contribution in [0.3, 0.4) is 0 Å². The van der Waals surface area contributed by atoms with Crippen LogP contribution in [-0.4, -0.2) is 34.2 Å². The molecule has 0 radical (unpaired) electrons. The SMILES string of the molecule is CC1(C)C(O)CC1NC(=O)C1C2C=CC(C2)C1C(=O)O. The number of carboxylic acid groups (broad SMARTS) is 1. The molecule has 0 aromatic rings. The number of aliphatic hydroxyl groups is 1. The first-order chi connectivity index (χ1) is 9.32. The Hall–Kier alpha value is -1.36. The Kier molecular flexibility index (Phi) is 2.94. The Balaban J connectivity index is 1.71. The van der Waals surface area contributed by atoms with Gasteiger partial charge in [0, 0.05) is 11.5 Å². The van der Waals surface area contributed by atoms with Gasteiger partial charge in [0.25, 0.3) is 0 Å². The van der Waals surface area contributed by atoms with Crippen molar-refractivity contribution in [3.8, 4) is 0 Å². The van der Waals surface area contributed by atoms with Gasteiger partial charge in [-0.3, -0.25) is 9.59 Å². The zero-order chi connectivity index (χ0) is 14.7. The van der Waals surface area contributed by atoms with Gasteiger partial charge in [-0.15, -0.1) is 0 Å². The number of hydrogen-bond acceptors (Lipinski definition) is 3. The van der Waals surface area contributed by atoms with Crippen molar-refractivity contribution >= 4 is 11.9 Å². The molecule has 0 aromatic heterocycles. The largest absolute Gasteiger partial charge is 0.481 e. The third-order valence-electron chi connectivity index (χ3n) is 5.58. The first kappa shape index (κ1) is 13.6. The third-order valence-corrected chi connectivity index (χ3v) is 5.58. The summed E-state index contributed by atoms with van der Waals surface area (Å²) in [5.74, 6) is -2.06. The average molecular weight is 279 g/mol. The minimum atomic E-state index is -0.880. The van der Waals surface area contributed by atoms with E-state index in [-0.39, 0.29) is 29.2 Å². The number of fused-ring (bicyclic) bond motifs is 2. The molecule has 2 bridgehead atoms. The molecule has 0 spiro atoms. The predicted octanol–water partition coefficient (Wildman–Crippen LogP) is 0.785. The molecule has 3 N–H and O–H groups in total. The molecule has 110 valence electrons. The highest BCUT2D eigenvalue weighted by Crippen LogP contribution is 2.49. The van der Waals surface area contributed by atoms with Crippen molar-refractivity contribution in [2.75, 3.05) is 0 Å². The fourth-order valence-electron chi connectivity index (χ4n) is 3.93. The van der Waals surface area contributed by atoms with E-state index in [1.165, 1.54) is 0 Å². The van der Waals surface area contributed by atoms with Gasteiger partial charge >= 0.3 is 5.97 Å². The fraction of sp³-hybridized carbons (Fsp3) is 0.733. The summed E-state index contributed by atoms with van der Waals surface area (Å²) in [5, 5.41) is 22.0.